The summed E-state index contributed by atoms with van der Waals surface area (Å²) in [4.78, 5) is 4.36. The molecule has 0 fully saturated rings. The minimum absolute atomic E-state index is 0.249. The Balaban J connectivity index is 2.01. The minimum Gasteiger partial charge on any atom is -0.507 e. The van der Waals surface area contributed by atoms with Crippen molar-refractivity contribution in [1.82, 2.24) is 0 Å². The molecule has 0 aliphatic carbocycles. The van der Waals surface area contributed by atoms with Crippen LogP contribution in [0.2, 0.25) is 0 Å². The van der Waals surface area contributed by atoms with Crippen LogP contribution < -0.4 is 0 Å². The Morgan fingerprint density at radius 3 is 2.16 bits per heavy atom. The fourth-order valence-electron chi connectivity index (χ4n) is 2.01. The molecule has 0 heterocycles. The fourth-order valence-corrected chi connectivity index (χ4v) is 2.01. The quantitative estimate of drug-likeness (QED) is 0.673. The molecule has 3 rings (SSSR count). The lowest BCUT2D eigenvalue weighted by molar-refractivity contribution is 0.475. The summed E-state index contributed by atoms with van der Waals surface area (Å²) in [5.41, 5.74) is 1.60. The average Bonchev–Trinajstić information content (AvgIpc) is 2.46. The highest BCUT2D eigenvalue weighted by Crippen LogP contribution is 2.24. The lowest BCUT2D eigenvalue weighted by atomic mass is 10.1. The van der Waals surface area contributed by atoms with E-state index in [2.05, 4.69) is 4.99 Å². The Bertz CT molecular complexity index is 733. The molecule has 3 aromatic rings. The number of rotatable bonds is 2. The van der Waals surface area contributed by atoms with Crippen molar-refractivity contribution in [3.05, 3.63) is 72.3 Å². The van der Waals surface area contributed by atoms with Gasteiger partial charge in [0.05, 0.1) is 5.69 Å². The van der Waals surface area contributed by atoms with Crippen molar-refractivity contribution < 1.29 is 5.11 Å². The molecular weight excluding hydrogens is 234 g/mol. The van der Waals surface area contributed by atoms with Gasteiger partial charge in [-0.15, -0.1) is 0 Å². The molecule has 19 heavy (non-hydrogen) atoms. The van der Waals surface area contributed by atoms with Crippen LogP contribution >= 0.6 is 0 Å². The number of benzene rings is 3. The maximum Gasteiger partial charge on any atom is 0.124 e. The van der Waals surface area contributed by atoms with Crippen LogP contribution in [0.3, 0.4) is 0 Å². The topological polar surface area (TPSA) is 32.6 Å². The molecule has 0 spiro atoms. The number of phenols is 1. The summed E-state index contributed by atoms with van der Waals surface area (Å²) in [7, 11) is 0. The third-order valence-electron chi connectivity index (χ3n) is 3.00. The third kappa shape index (κ3) is 2.47. The molecule has 2 heteroatoms. The zero-order valence-electron chi connectivity index (χ0n) is 10.3. The predicted molar refractivity (Wildman–Crippen MR) is 79.3 cm³/mol. The second kappa shape index (κ2) is 4.94. The Kier molecular flexibility index (Phi) is 2.99. The highest BCUT2D eigenvalue weighted by molar-refractivity contribution is 5.94. The van der Waals surface area contributed by atoms with Crippen LogP contribution in [0.1, 0.15) is 5.56 Å². The van der Waals surface area contributed by atoms with Gasteiger partial charge in [0.1, 0.15) is 5.75 Å². The Hall–Kier alpha value is -2.61. The Morgan fingerprint density at radius 1 is 0.789 bits per heavy atom. The highest BCUT2D eigenvalue weighted by atomic mass is 16.3. The van der Waals surface area contributed by atoms with Crippen molar-refractivity contribution in [2.45, 2.75) is 0 Å². The van der Waals surface area contributed by atoms with Crippen LogP contribution in [0.25, 0.3) is 10.8 Å². The number of nitrogens with zero attached hydrogens (tertiary/aromatic N) is 1. The first kappa shape index (κ1) is 11.5. The van der Waals surface area contributed by atoms with Crippen LogP contribution in [0.15, 0.2) is 71.7 Å². The van der Waals surface area contributed by atoms with Crippen LogP contribution in [0.4, 0.5) is 5.69 Å². The van der Waals surface area contributed by atoms with E-state index in [0.29, 0.717) is 0 Å². The molecule has 0 saturated heterocycles. The van der Waals surface area contributed by atoms with Crippen molar-refractivity contribution in [2.24, 2.45) is 4.99 Å². The molecule has 0 amide bonds. The Morgan fingerprint density at radius 2 is 1.42 bits per heavy atom. The molecule has 3 aromatic carbocycles. The number of hydrogen-bond donors (Lipinski definition) is 1. The maximum absolute atomic E-state index is 10.00. The molecular formula is C17H13NO. The average molecular weight is 247 g/mol. The third-order valence-corrected chi connectivity index (χ3v) is 3.00. The monoisotopic (exact) mass is 247 g/mol. The minimum atomic E-state index is 0.249. The highest BCUT2D eigenvalue weighted by Gasteiger charge is 2.01. The van der Waals surface area contributed by atoms with E-state index in [9.17, 15) is 5.11 Å². The molecule has 92 valence electrons. The van der Waals surface area contributed by atoms with E-state index in [-0.39, 0.29) is 5.75 Å². The molecule has 0 bridgehead atoms. The second-order valence-corrected chi connectivity index (χ2v) is 4.35. The maximum atomic E-state index is 10.00. The van der Waals surface area contributed by atoms with Gasteiger partial charge in [-0.05, 0) is 35.0 Å². The summed E-state index contributed by atoms with van der Waals surface area (Å²) in [5, 5.41) is 12.1. The van der Waals surface area contributed by atoms with Crippen LogP contribution in [0.5, 0.6) is 5.75 Å². The lowest BCUT2D eigenvalue weighted by Gasteiger charge is -2.02. The summed E-state index contributed by atoms with van der Waals surface area (Å²) < 4.78 is 0. The first-order valence-corrected chi connectivity index (χ1v) is 6.14. The van der Waals surface area contributed by atoms with Crippen molar-refractivity contribution in [2.75, 3.05) is 0 Å². The second-order valence-electron chi connectivity index (χ2n) is 4.35. The summed E-state index contributed by atoms with van der Waals surface area (Å²) in [6.07, 6.45) is 1.69. The first-order valence-electron chi connectivity index (χ1n) is 6.14. The van der Waals surface area contributed by atoms with E-state index in [1.165, 1.54) is 0 Å². The number of fused-ring (bicyclic) bond motifs is 1. The number of aliphatic imine (C=N–C) groups is 1. The van der Waals surface area contributed by atoms with Crippen LogP contribution in [-0.2, 0) is 0 Å². The van der Waals surface area contributed by atoms with E-state index >= 15 is 0 Å². The molecule has 0 aliphatic heterocycles. The van der Waals surface area contributed by atoms with Gasteiger partial charge in [0.15, 0.2) is 0 Å². The smallest absolute Gasteiger partial charge is 0.124 e. The van der Waals surface area contributed by atoms with Crippen LogP contribution in [0, 0.1) is 0 Å². The lowest BCUT2D eigenvalue weighted by Crippen LogP contribution is -1.83. The van der Waals surface area contributed by atoms with E-state index in [1.807, 2.05) is 60.7 Å². The molecule has 0 saturated carbocycles. The van der Waals surface area contributed by atoms with E-state index in [1.54, 1.807) is 12.3 Å². The van der Waals surface area contributed by atoms with Gasteiger partial charge in [0.2, 0.25) is 0 Å². The number of phenolic OH excluding ortho intramolecular Hbond substituents is 1. The number of para-hydroxylation sites is 1. The molecule has 0 atom stereocenters. The summed E-state index contributed by atoms with van der Waals surface area (Å²) >= 11 is 0. The number of aromatic hydroxyl groups is 1. The fraction of sp³-hybridized carbons (Fsp3) is 0. The van der Waals surface area contributed by atoms with Gasteiger partial charge < -0.3 is 5.11 Å². The first-order chi connectivity index (χ1) is 9.33. The zero-order chi connectivity index (χ0) is 13.1. The van der Waals surface area contributed by atoms with Gasteiger partial charge in [-0.25, -0.2) is 0 Å². The van der Waals surface area contributed by atoms with Gasteiger partial charge in [-0.1, -0.05) is 42.5 Å². The molecule has 0 aromatic heterocycles. The van der Waals surface area contributed by atoms with E-state index < -0.39 is 0 Å². The zero-order valence-corrected chi connectivity index (χ0v) is 10.3. The molecule has 0 radical (unpaired) electrons. The van der Waals surface area contributed by atoms with Gasteiger partial charge >= 0.3 is 0 Å². The van der Waals surface area contributed by atoms with Gasteiger partial charge in [0.25, 0.3) is 0 Å². The van der Waals surface area contributed by atoms with Crippen molar-refractivity contribution in [3.8, 4) is 5.75 Å². The summed E-state index contributed by atoms with van der Waals surface area (Å²) in [6, 6.07) is 21.3. The number of hydrogen-bond acceptors (Lipinski definition) is 2. The van der Waals surface area contributed by atoms with E-state index in [4.69, 9.17) is 0 Å². The van der Waals surface area contributed by atoms with Gasteiger partial charge in [0, 0.05) is 11.8 Å². The van der Waals surface area contributed by atoms with Crippen molar-refractivity contribution in [1.29, 1.82) is 0 Å². The normalized spacial score (nSPS) is 11.2. The predicted octanol–water partition coefficient (Wildman–Crippen LogP) is 4.30. The Labute approximate surface area is 111 Å². The largest absolute Gasteiger partial charge is 0.507 e. The van der Waals surface area contributed by atoms with Gasteiger partial charge in [-0.3, -0.25) is 4.99 Å². The molecule has 0 unspecified atom stereocenters. The summed E-state index contributed by atoms with van der Waals surface area (Å²) in [6.45, 7) is 0. The SMILES string of the molecule is Oc1cc2ccccc2cc1C=Nc1ccccc1. The molecule has 0 aliphatic rings. The van der Waals surface area contributed by atoms with Crippen LogP contribution in [-0.4, -0.2) is 11.3 Å². The molecule has 1 N–H and O–H groups in total. The molecule has 2 nitrogen and oxygen atoms in total. The van der Waals surface area contributed by atoms with E-state index in [0.717, 1.165) is 22.0 Å². The van der Waals surface area contributed by atoms with Crippen molar-refractivity contribution >= 4 is 22.7 Å². The standard InChI is InChI=1S/C17H13NO/c19-17-11-14-7-5-4-6-13(14)10-15(17)12-18-16-8-2-1-3-9-16/h1-12,19H. The van der Waals surface area contributed by atoms with Crippen molar-refractivity contribution in [3.63, 3.8) is 0 Å². The van der Waals surface area contributed by atoms with Gasteiger partial charge in [-0.2, -0.15) is 0 Å². The summed E-state index contributed by atoms with van der Waals surface area (Å²) in [5.74, 6) is 0.249.